The molecule has 2 aromatic carbocycles. The fourth-order valence-electron chi connectivity index (χ4n) is 2.50. The molecule has 0 aliphatic carbocycles. The zero-order valence-corrected chi connectivity index (χ0v) is 15.0. The lowest BCUT2D eigenvalue weighted by atomic mass is 10.1. The van der Waals surface area contributed by atoms with Crippen molar-refractivity contribution in [3.05, 3.63) is 71.6 Å². The van der Waals surface area contributed by atoms with Gasteiger partial charge in [0, 0.05) is 10.7 Å². The van der Waals surface area contributed by atoms with Gasteiger partial charge in [0.25, 0.3) is 0 Å². The molecule has 0 fully saturated rings. The van der Waals surface area contributed by atoms with Gasteiger partial charge >= 0.3 is 0 Å². The Labute approximate surface area is 156 Å². The van der Waals surface area contributed by atoms with Crippen molar-refractivity contribution in [1.29, 1.82) is 0 Å². The van der Waals surface area contributed by atoms with Crippen LogP contribution in [0.4, 0.5) is 11.4 Å². The van der Waals surface area contributed by atoms with E-state index in [-0.39, 0.29) is 11.7 Å². The average Bonchev–Trinajstić information content (AvgIpc) is 2.65. The van der Waals surface area contributed by atoms with Crippen molar-refractivity contribution in [2.45, 2.75) is 6.92 Å². The highest BCUT2D eigenvalue weighted by Gasteiger charge is 2.29. The van der Waals surface area contributed by atoms with Crippen LogP contribution in [0.15, 0.2) is 71.7 Å². The van der Waals surface area contributed by atoms with E-state index < -0.39 is 5.92 Å². The molecular weight excluding hydrogens is 352 g/mol. The number of hydrogen-bond acceptors (Lipinski definition) is 5. The Morgan fingerprint density at radius 1 is 1.23 bits per heavy atom. The standard InChI is InChI=1S/C19H19ClN4O2/c1-2-26-17-12-16(19(25)22-14-10-8-13(20)9-11-14)18(21)23-24(17)15-6-4-3-5-7-15/h3-12,16H,2H2,1H3,(H2,21,23)(H,22,25). The van der Waals surface area contributed by atoms with Gasteiger partial charge in [-0.3, -0.25) is 4.79 Å². The van der Waals surface area contributed by atoms with Crippen molar-refractivity contribution in [3.8, 4) is 0 Å². The molecule has 0 bridgehead atoms. The molecule has 3 N–H and O–H groups in total. The van der Waals surface area contributed by atoms with Crippen LogP contribution >= 0.6 is 11.6 Å². The highest BCUT2D eigenvalue weighted by Crippen LogP contribution is 2.26. The molecule has 0 saturated heterocycles. The number of carbonyl (C=O) groups excluding carboxylic acids is 1. The number of anilines is 2. The molecule has 2 aromatic rings. The van der Waals surface area contributed by atoms with Crippen molar-refractivity contribution in [1.82, 2.24) is 0 Å². The van der Waals surface area contributed by atoms with E-state index in [1.807, 2.05) is 37.3 Å². The average molecular weight is 371 g/mol. The van der Waals surface area contributed by atoms with E-state index in [4.69, 9.17) is 22.1 Å². The monoisotopic (exact) mass is 370 g/mol. The zero-order chi connectivity index (χ0) is 18.5. The predicted molar refractivity (Wildman–Crippen MR) is 104 cm³/mol. The van der Waals surface area contributed by atoms with E-state index in [0.29, 0.717) is 23.2 Å². The summed E-state index contributed by atoms with van der Waals surface area (Å²) >= 11 is 5.86. The van der Waals surface area contributed by atoms with Crippen LogP contribution in [0.3, 0.4) is 0 Å². The summed E-state index contributed by atoms with van der Waals surface area (Å²) in [6, 6.07) is 16.3. The summed E-state index contributed by atoms with van der Waals surface area (Å²) in [5.74, 6) is -0.376. The molecule has 0 aromatic heterocycles. The Kier molecular flexibility index (Phi) is 5.43. The molecular formula is C19H19ClN4O2. The summed E-state index contributed by atoms with van der Waals surface area (Å²) in [5.41, 5.74) is 7.50. The lowest BCUT2D eigenvalue weighted by molar-refractivity contribution is -0.117. The second-order valence-corrected chi connectivity index (χ2v) is 6.02. The number of benzene rings is 2. The number of nitrogens with two attached hydrogens (primary N) is 1. The Morgan fingerprint density at radius 3 is 2.58 bits per heavy atom. The molecule has 134 valence electrons. The Hall–Kier alpha value is -2.99. The molecule has 6 nitrogen and oxygen atoms in total. The molecule has 1 unspecified atom stereocenters. The normalized spacial score (nSPS) is 16.5. The number of para-hydroxylation sites is 1. The number of carbonyl (C=O) groups is 1. The number of amides is 1. The van der Waals surface area contributed by atoms with Gasteiger partial charge in [0.1, 0.15) is 11.8 Å². The molecule has 0 saturated carbocycles. The van der Waals surface area contributed by atoms with E-state index in [1.54, 1.807) is 35.4 Å². The number of halogens is 1. The lowest BCUT2D eigenvalue weighted by Gasteiger charge is -2.28. The molecule has 1 amide bonds. The minimum absolute atomic E-state index is 0.184. The minimum Gasteiger partial charge on any atom is -0.478 e. The molecule has 7 heteroatoms. The molecule has 0 radical (unpaired) electrons. The minimum atomic E-state index is -0.729. The summed E-state index contributed by atoms with van der Waals surface area (Å²) in [5, 5.41) is 9.36. The Morgan fingerprint density at radius 2 is 1.92 bits per heavy atom. The molecule has 1 aliphatic rings. The van der Waals surface area contributed by atoms with Crippen molar-refractivity contribution >= 4 is 34.7 Å². The molecule has 0 spiro atoms. The van der Waals surface area contributed by atoms with Crippen molar-refractivity contribution in [2.24, 2.45) is 16.8 Å². The van der Waals surface area contributed by atoms with Crippen molar-refractivity contribution in [3.63, 3.8) is 0 Å². The predicted octanol–water partition coefficient (Wildman–Crippen LogP) is 3.57. The van der Waals surface area contributed by atoms with Gasteiger partial charge in [-0.05, 0) is 49.4 Å². The van der Waals surface area contributed by atoms with Gasteiger partial charge in [-0.2, -0.15) is 10.1 Å². The third-order valence-electron chi connectivity index (χ3n) is 3.74. The largest absolute Gasteiger partial charge is 0.478 e. The first-order valence-corrected chi connectivity index (χ1v) is 8.56. The highest BCUT2D eigenvalue weighted by molar-refractivity contribution is 6.30. The van der Waals surface area contributed by atoms with Crippen LogP contribution in [0.5, 0.6) is 0 Å². The maximum absolute atomic E-state index is 12.6. The summed E-state index contributed by atoms with van der Waals surface area (Å²) in [7, 11) is 0. The van der Waals surface area contributed by atoms with E-state index >= 15 is 0 Å². The van der Waals surface area contributed by atoms with Gasteiger partial charge in [0.2, 0.25) is 11.8 Å². The third kappa shape index (κ3) is 3.97. The van der Waals surface area contributed by atoms with Crippen LogP contribution in [0, 0.1) is 5.92 Å². The van der Waals surface area contributed by atoms with Gasteiger partial charge in [0.15, 0.2) is 0 Å². The zero-order valence-electron chi connectivity index (χ0n) is 14.2. The quantitative estimate of drug-likeness (QED) is 0.843. The maximum atomic E-state index is 12.6. The summed E-state index contributed by atoms with van der Waals surface area (Å²) < 4.78 is 5.67. The SMILES string of the molecule is CCOC1=CC(C(=O)Nc2ccc(Cl)cc2)C(N)=NN1c1ccccc1. The second kappa shape index (κ2) is 7.93. The smallest absolute Gasteiger partial charge is 0.239 e. The molecule has 3 rings (SSSR count). The van der Waals surface area contributed by atoms with Gasteiger partial charge in [0.05, 0.1) is 12.3 Å². The van der Waals surface area contributed by atoms with Crippen molar-refractivity contribution < 1.29 is 9.53 Å². The third-order valence-corrected chi connectivity index (χ3v) is 3.99. The van der Waals surface area contributed by atoms with E-state index in [0.717, 1.165) is 5.69 Å². The first kappa shape index (κ1) is 17.8. The van der Waals surface area contributed by atoms with Gasteiger partial charge in [-0.25, -0.2) is 0 Å². The fraction of sp³-hybridized carbons (Fsp3) is 0.158. The number of amidine groups is 1. The topological polar surface area (TPSA) is 79.9 Å². The van der Waals surface area contributed by atoms with E-state index in [9.17, 15) is 4.79 Å². The van der Waals surface area contributed by atoms with E-state index in [1.165, 1.54) is 0 Å². The van der Waals surface area contributed by atoms with Gasteiger partial charge in [-0.1, -0.05) is 29.8 Å². The molecule has 1 heterocycles. The summed E-state index contributed by atoms with van der Waals surface area (Å²) in [6.45, 7) is 2.31. The number of hydrogen-bond donors (Lipinski definition) is 2. The van der Waals surface area contributed by atoms with Crippen LogP contribution < -0.4 is 16.1 Å². The van der Waals surface area contributed by atoms with Crippen LogP contribution in [-0.4, -0.2) is 18.3 Å². The van der Waals surface area contributed by atoms with Gasteiger partial charge in [-0.15, -0.1) is 0 Å². The Bertz CT molecular complexity index is 834. The summed E-state index contributed by atoms with van der Waals surface area (Å²) in [6.07, 6.45) is 1.67. The van der Waals surface area contributed by atoms with Crippen LogP contribution in [0.1, 0.15) is 6.92 Å². The highest BCUT2D eigenvalue weighted by atomic mass is 35.5. The van der Waals surface area contributed by atoms with E-state index in [2.05, 4.69) is 10.4 Å². The van der Waals surface area contributed by atoms with Crippen LogP contribution in [0.2, 0.25) is 5.02 Å². The first-order chi connectivity index (χ1) is 12.6. The maximum Gasteiger partial charge on any atom is 0.239 e. The molecule has 1 aliphatic heterocycles. The second-order valence-electron chi connectivity index (χ2n) is 5.58. The Balaban J connectivity index is 1.84. The van der Waals surface area contributed by atoms with Crippen LogP contribution in [0.25, 0.3) is 0 Å². The fourth-order valence-corrected chi connectivity index (χ4v) is 2.63. The number of hydrazone groups is 1. The number of nitrogens with one attached hydrogen (secondary N) is 1. The molecule has 1 atom stereocenters. The summed E-state index contributed by atoms with van der Waals surface area (Å²) in [4.78, 5) is 12.6. The first-order valence-electron chi connectivity index (χ1n) is 8.18. The number of ether oxygens (including phenoxy) is 1. The number of nitrogens with zero attached hydrogens (tertiary/aromatic N) is 2. The van der Waals surface area contributed by atoms with Crippen molar-refractivity contribution in [2.75, 3.05) is 16.9 Å². The molecule has 26 heavy (non-hydrogen) atoms. The van der Waals surface area contributed by atoms with Gasteiger partial charge < -0.3 is 15.8 Å². The number of rotatable bonds is 5. The lowest BCUT2D eigenvalue weighted by Crippen LogP contribution is -2.40. The van der Waals surface area contributed by atoms with Crippen LogP contribution in [-0.2, 0) is 9.53 Å².